The number of aromatic nitrogens is 1. The van der Waals surface area contributed by atoms with E-state index in [-0.39, 0.29) is 17.5 Å². The van der Waals surface area contributed by atoms with Gasteiger partial charge < -0.3 is 5.32 Å². The fourth-order valence-electron chi connectivity index (χ4n) is 1.73. The van der Waals surface area contributed by atoms with Crippen molar-refractivity contribution in [3.05, 3.63) is 23.9 Å². The summed E-state index contributed by atoms with van der Waals surface area (Å²) >= 11 is 0. The van der Waals surface area contributed by atoms with Crippen molar-refractivity contribution in [2.24, 2.45) is 0 Å². The van der Waals surface area contributed by atoms with Gasteiger partial charge in [-0.3, -0.25) is 0 Å². The molecule has 0 aliphatic carbocycles. The molecule has 0 spiro atoms. The number of anilines is 1. The summed E-state index contributed by atoms with van der Waals surface area (Å²) in [7, 11) is -2.82. The predicted molar refractivity (Wildman–Crippen MR) is 59.7 cm³/mol. The van der Waals surface area contributed by atoms with Crippen LogP contribution in [0.15, 0.2) is 18.3 Å². The van der Waals surface area contributed by atoms with Crippen LogP contribution in [-0.2, 0) is 9.84 Å². The van der Waals surface area contributed by atoms with Crippen LogP contribution in [0.3, 0.4) is 0 Å². The molecule has 15 heavy (non-hydrogen) atoms. The van der Waals surface area contributed by atoms with Crippen molar-refractivity contribution in [1.29, 1.82) is 0 Å². The van der Waals surface area contributed by atoms with Gasteiger partial charge >= 0.3 is 0 Å². The Labute approximate surface area is 89.6 Å². The highest BCUT2D eigenvalue weighted by atomic mass is 32.2. The van der Waals surface area contributed by atoms with Gasteiger partial charge in [-0.15, -0.1) is 0 Å². The molecule has 1 saturated heterocycles. The Morgan fingerprint density at radius 3 is 2.93 bits per heavy atom. The second kappa shape index (κ2) is 3.81. The zero-order chi connectivity index (χ0) is 10.9. The van der Waals surface area contributed by atoms with Crippen LogP contribution in [0.25, 0.3) is 0 Å². The van der Waals surface area contributed by atoms with E-state index in [1.54, 1.807) is 6.20 Å². The zero-order valence-electron chi connectivity index (χ0n) is 8.60. The third-order valence-electron chi connectivity index (χ3n) is 2.50. The molecule has 1 aliphatic heterocycles. The monoisotopic (exact) mass is 226 g/mol. The molecule has 1 aromatic rings. The summed E-state index contributed by atoms with van der Waals surface area (Å²) in [4.78, 5) is 4.14. The zero-order valence-corrected chi connectivity index (χ0v) is 9.42. The third-order valence-corrected chi connectivity index (χ3v) is 4.27. The molecule has 1 N–H and O–H groups in total. The summed E-state index contributed by atoms with van der Waals surface area (Å²) in [5.41, 5.74) is 1.12. The molecule has 1 unspecified atom stereocenters. The molecule has 2 rings (SSSR count). The Morgan fingerprint density at radius 2 is 2.33 bits per heavy atom. The van der Waals surface area contributed by atoms with E-state index in [0.29, 0.717) is 6.42 Å². The van der Waals surface area contributed by atoms with E-state index in [0.717, 1.165) is 11.4 Å². The van der Waals surface area contributed by atoms with Gasteiger partial charge in [-0.1, -0.05) is 0 Å². The van der Waals surface area contributed by atoms with Crippen LogP contribution < -0.4 is 5.32 Å². The van der Waals surface area contributed by atoms with Gasteiger partial charge in [0.05, 0.1) is 11.5 Å². The minimum absolute atomic E-state index is 0.0179. The molecule has 0 aromatic carbocycles. The topological polar surface area (TPSA) is 59.1 Å². The lowest BCUT2D eigenvalue weighted by Gasteiger charge is -2.11. The van der Waals surface area contributed by atoms with Crippen LogP contribution in [-0.4, -0.2) is 30.9 Å². The SMILES string of the molecule is Cc1ccnc(NC2CCS(=O)(=O)C2)c1. The molecule has 1 fully saturated rings. The Morgan fingerprint density at radius 1 is 1.53 bits per heavy atom. The predicted octanol–water partition coefficient (Wildman–Crippen LogP) is 0.989. The summed E-state index contributed by atoms with van der Waals surface area (Å²) in [5.74, 6) is 1.27. The number of rotatable bonds is 2. The van der Waals surface area contributed by atoms with Gasteiger partial charge in [-0.25, -0.2) is 13.4 Å². The molecule has 1 aliphatic rings. The molecule has 1 atom stereocenters. The standard InChI is InChI=1S/C10H14N2O2S/c1-8-2-4-11-10(6-8)12-9-3-5-15(13,14)7-9/h2,4,6,9H,3,5,7H2,1H3,(H,11,12). The molecule has 2 heterocycles. The lowest BCUT2D eigenvalue weighted by atomic mass is 10.2. The quantitative estimate of drug-likeness (QED) is 0.817. The normalized spacial score (nSPS) is 23.9. The van der Waals surface area contributed by atoms with Gasteiger partial charge in [0.1, 0.15) is 5.82 Å². The van der Waals surface area contributed by atoms with E-state index >= 15 is 0 Å². The molecule has 4 nitrogen and oxygen atoms in total. The maximum atomic E-state index is 11.2. The average molecular weight is 226 g/mol. The first-order valence-electron chi connectivity index (χ1n) is 4.95. The average Bonchev–Trinajstić information content (AvgIpc) is 2.45. The smallest absolute Gasteiger partial charge is 0.152 e. The van der Waals surface area contributed by atoms with Crippen molar-refractivity contribution >= 4 is 15.7 Å². The van der Waals surface area contributed by atoms with Gasteiger partial charge in [0, 0.05) is 12.2 Å². The molecule has 0 amide bonds. The molecule has 1 aromatic heterocycles. The van der Waals surface area contributed by atoms with Crippen molar-refractivity contribution in [3.63, 3.8) is 0 Å². The lowest BCUT2D eigenvalue weighted by Crippen LogP contribution is -2.21. The van der Waals surface area contributed by atoms with E-state index in [9.17, 15) is 8.42 Å². The largest absolute Gasteiger partial charge is 0.366 e. The minimum atomic E-state index is -2.82. The Balaban J connectivity index is 2.05. The Kier molecular flexibility index (Phi) is 2.65. The van der Waals surface area contributed by atoms with Gasteiger partial charge in [-0.2, -0.15) is 0 Å². The van der Waals surface area contributed by atoms with E-state index in [1.165, 1.54) is 0 Å². The van der Waals surface area contributed by atoms with Crippen molar-refractivity contribution in [2.75, 3.05) is 16.8 Å². The fraction of sp³-hybridized carbons (Fsp3) is 0.500. The number of hydrogen-bond donors (Lipinski definition) is 1. The number of nitrogens with one attached hydrogen (secondary N) is 1. The van der Waals surface area contributed by atoms with Gasteiger partial charge in [0.25, 0.3) is 0 Å². The maximum Gasteiger partial charge on any atom is 0.152 e. The lowest BCUT2D eigenvalue weighted by molar-refractivity contribution is 0.602. The van der Waals surface area contributed by atoms with Crippen LogP contribution in [0.5, 0.6) is 0 Å². The molecule has 5 heteroatoms. The molecular formula is C10H14N2O2S. The first-order chi connectivity index (χ1) is 7.05. The van der Waals surface area contributed by atoms with E-state index in [1.807, 2.05) is 19.1 Å². The highest BCUT2D eigenvalue weighted by Crippen LogP contribution is 2.16. The van der Waals surface area contributed by atoms with Crippen LogP contribution in [0.1, 0.15) is 12.0 Å². The molecular weight excluding hydrogens is 212 g/mol. The second-order valence-corrected chi connectivity index (χ2v) is 6.19. The van der Waals surface area contributed by atoms with E-state index < -0.39 is 9.84 Å². The number of aryl methyl sites for hydroxylation is 1. The maximum absolute atomic E-state index is 11.2. The number of sulfone groups is 1. The number of nitrogens with zero attached hydrogens (tertiary/aromatic N) is 1. The number of hydrogen-bond acceptors (Lipinski definition) is 4. The molecule has 82 valence electrons. The van der Waals surface area contributed by atoms with Crippen molar-refractivity contribution < 1.29 is 8.42 Å². The summed E-state index contributed by atoms with van der Waals surface area (Å²) in [6.45, 7) is 1.98. The van der Waals surface area contributed by atoms with Gasteiger partial charge in [-0.05, 0) is 31.0 Å². The van der Waals surface area contributed by atoms with Crippen molar-refractivity contribution in [2.45, 2.75) is 19.4 Å². The van der Waals surface area contributed by atoms with Crippen LogP contribution in [0.2, 0.25) is 0 Å². The number of pyridine rings is 1. The van der Waals surface area contributed by atoms with Crippen LogP contribution in [0.4, 0.5) is 5.82 Å². The summed E-state index contributed by atoms with van der Waals surface area (Å²) in [6.07, 6.45) is 2.40. The first-order valence-corrected chi connectivity index (χ1v) is 6.77. The molecule has 0 saturated carbocycles. The summed E-state index contributed by atoms with van der Waals surface area (Å²) in [6, 6.07) is 3.85. The van der Waals surface area contributed by atoms with E-state index in [2.05, 4.69) is 10.3 Å². The van der Waals surface area contributed by atoms with Crippen LogP contribution >= 0.6 is 0 Å². The summed E-state index contributed by atoms with van der Waals surface area (Å²) < 4.78 is 22.5. The first kappa shape index (κ1) is 10.4. The molecule has 0 bridgehead atoms. The summed E-state index contributed by atoms with van der Waals surface area (Å²) in [5, 5.41) is 3.15. The Hall–Kier alpha value is -1.10. The molecule has 0 radical (unpaired) electrons. The van der Waals surface area contributed by atoms with Crippen molar-refractivity contribution in [1.82, 2.24) is 4.98 Å². The van der Waals surface area contributed by atoms with Crippen molar-refractivity contribution in [3.8, 4) is 0 Å². The van der Waals surface area contributed by atoms with Gasteiger partial charge in [0.15, 0.2) is 9.84 Å². The van der Waals surface area contributed by atoms with Crippen LogP contribution in [0, 0.1) is 6.92 Å². The van der Waals surface area contributed by atoms with Gasteiger partial charge in [0.2, 0.25) is 0 Å². The van der Waals surface area contributed by atoms with E-state index in [4.69, 9.17) is 0 Å². The highest BCUT2D eigenvalue weighted by Gasteiger charge is 2.27. The minimum Gasteiger partial charge on any atom is -0.366 e. The third kappa shape index (κ3) is 2.68. The second-order valence-electron chi connectivity index (χ2n) is 3.96. The fourth-order valence-corrected chi connectivity index (χ4v) is 3.41. The highest BCUT2D eigenvalue weighted by molar-refractivity contribution is 7.91. The Bertz CT molecular complexity index is 456.